The number of carbonyl (C=O) groups is 1. The molecule has 7 heteroatoms. The number of aromatic nitrogens is 1. The average Bonchev–Trinajstić information content (AvgIpc) is 2.64. The van der Waals surface area contributed by atoms with Crippen molar-refractivity contribution in [3.63, 3.8) is 0 Å². The van der Waals surface area contributed by atoms with E-state index in [9.17, 15) is 14.4 Å². The van der Waals surface area contributed by atoms with Gasteiger partial charge in [-0.25, -0.2) is 9.78 Å². The van der Waals surface area contributed by atoms with E-state index in [0.717, 1.165) is 0 Å². The van der Waals surface area contributed by atoms with Crippen molar-refractivity contribution in [3.8, 4) is 5.75 Å². The minimum Gasteiger partial charge on any atom is -0.506 e. The van der Waals surface area contributed by atoms with E-state index in [1.165, 1.54) is 11.3 Å². The van der Waals surface area contributed by atoms with E-state index in [4.69, 9.17) is 0 Å². The molecule has 0 aliphatic heterocycles. The Bertz CT molecular complexity index is 599. The molecule has 0 saturated heterocycles. The van der Waals surface area contributed by atoms with Gasteiger partial charge in [0.15, 0.2) is 3.92 Å². The highest BCUT2D eigenvalue weighted by Crippen LogP contribution is 2.37. The highest BCUT2D eigenvalue weighted by Gasteiger charge is 2.17. The van der Waals surface area contributed by atoms with Gasteiger partial charge < -0.3 is 5.11 Å². The summed E-state index contributed by atoms with van der Waals surface area (Å²) in [5.74, 6) is -1.08. The van der Waals surface area contributed by atoms with Crippen LogP contribution in [0.4, 0.5) is 4.53 Å². The second-order valence-corrected chi connectivity index (χ2v) is 5.74. The number of carbonyl (C=O) groups excluding carboxylic acids is 1. The molecule has 1 aromatic heterocycles. The van der Waals surface area contributed by atoms with Gasteiger partial charge in [0.2, 0.25) is 0 Å². The number of hydrogen-bond acceptors (Lipinski definition) is 5. The maximum Gasteiger partial charge on any atom is 0.353 e. The van der Waals surface area contributed by atoms with Crippen LogP contribution in [0.5, 0.6) is 5.75 Å². The predicted molar refractivity (Wildman–Crippen MR) is 64.6 cm³/mol. The quantitative estimate of drug-likeness (QED) is 0.924. The molecular weight excluding hydrogens is 313 g/mol. The first-order chi connectivity index (χ1) is 8.02. The first kappa shape index (κ1) is 12.3. The van der Waals surface area contributed by atoms with Gasteiger partial charge in [0.05, 0.1) is 16.6 Å². The normalized spacial score (nSPS) is 10.8. The molecule has 0 unspecified atom stereocenters. The number of fused-ring (bicyclic) bond motifs is 1. The first-order valence-corrected chi connectivity index (χ1v) is 6.22. The summed E-state index contributed by atoms with van der Waals surface area (Å²) in [4.78, 5) is 18.2. The van der Waals surface area contributed by atoms with Crippen LogP contribution in [0.2, 0.25) is 0 Å². The Morgan fingerprint density at radius 2 is 2.41 bits per heavy atom. The molecule has 0 saturated carbocycles. The summed E-state index contributed by atoms with van der Waals surface area (Å²) < 4.78 is 12.9. The van der Waals surface area contributed by atoms with Crippen LogP contribution in [0.25, 0.3) is 10.2 Å². The zero-order chi connectivity index (χ0) is 12.6. The fourth-order valence-electron chi connectivity index (χ4n) is 1.58. The van der Waals surface area contributed by atoms with E-state index in [0.29, 0.717) is 25.3 Å². The number of nitrogens with zero attached hydrogens (tertiary/aromatic N) is 1. The second-order valence-electron chi connectivity index (χ2n) is 3.46. The maximum absolute atomic E-state index is 11.7. The molecule has 1 N–H and O–H groups in total. The molecule has 0 radical (unpaired) electrons. The van der Waals surface area contributed by atoms with Gasteiger partial charge in [-0.3, -0.25) is 4.94 Å². The van der Waals surface area contributed by atoms with Crippen molar-refractivity contribution in [2.24, 2.45) is 0 Å². The van der Waals surface area contributed by atoms with E-state index >= 15 is 0 Å². The number of phenolic OH excluding ortho intramolecular Hbond substituents is 1. The fourth-order valence-corrected chi connectivity index (χ4v) is 3.00. The summed E-state index contributed by atoms with van der Waals surface area (Å²) in [6.07, 6.45) is -0.306. The van der Waals surface area contributed by atoms with Gasteiger partial charge in [-0.15, -0.1) is 11.3 Å². The van der Waals surface area contributed by atoms with Crippen LogP contribution in [0, 0.1) is 6.92 Å². The third-order valence-electron chi connectivity index (χ3n) is 2.36. The van der Waals surface area contributed by atoms with E-state index in [2.05, 4.69) is 25.9 Å². The Morgan fingerprint density at radius 3 is 3.06 bits per heavy atom. The monoisotopic (exact) mass is 319 g/mol. The molecule has 2 rings (SSSR count). The molecule has 90 valence electrons. The topological polar surface area (TPSA) is 59.4 Å². The summed E-state index contributed by atoms with van der Waals surface area (Å²) in [7, 11) is 0. The molecule has 17 heavy (non-hydrogen) atoms. The molecule has 0 amide bonds. The minimum absolute atomic E-state index is 0.0476. The van der Waals surface area contributed by atoms with Crippen LogP contribution in [0.1, 0.15) is 11.1 Å². The SMILES string of the molecule is Cc1cc2nc(Br)sc2c(O)c1CC(=O)OF. The van der Waals surface area contributed by atoms with Crippen LogP contribution in [0.3, 0.4) is 0 Å². The summed E-state index contributed by atoms with van der Waals surface area (Å²) >= 11 is 4.46. The minimum atomic E-state index is -1.04. The fraction of sp³-hybridized carbons (Fsp3) is 0.200. The molecule has 0 spiro atoms. The lowest BCUT2D eigenvalue weighted by Gasteiger charge is -2.06. The van der Waals surface area contributed by atoms with Crippen LogP contribution >= 0.6 is 27.3 Å². The van der Waals surface area contributed by atoms with Crippen molar-refractivity contribution in [1.29, 1.82) is 0 Å². The Balaban J connectivity index is 2.58. The van der Waals surface area contributed by atoms with E-state index in [1.807, 2.05) is 0 Å². The Kier molecular flexibility index (Phi) is 3.30. The third-order valence-corrected chi connectivity index (χ3v) is 3.89. The smallest absolute Gasteiger partial charge is 0.353 e. The number of benzene rings is 1. The van der Waals surface area contributed by atoms with Crippen molar-refractivity contribution in [1.82, 2.24) is 4.98 Å². The van der Waals surface area contributed by atoms with Crippen molar-refractivity contribution < 1.29 is 19.4 Å². The summed E-state index contributed by atoms with van der Waals surface area (Å²) in [5.41, 5.74) is 1.66. The molecule has 1 heterocycles. The standard InChI is InChI=1S/C10H7BrFNO3S/c1-4-2-6-9(17-10(11)13-6)8(15)5(4)3-7(14)16-12/h2,15H,3H2,1H3. The van der Waals surface area contributed by atoms with Gasteiger partial charge in [-0.2, -0.15) is 0 Å². The lowest BCUT2D eigenvalue weighted by molar-refractivity contribution is -0.182. The number of phenols is 1. The maximum atomic E-state index is 11.7. The van der Waals surface area contributed by atoms with Gasteiger partial charge in [0.25, 0.3) is 0 Å². The zero-order valence-corrected chi connectivity index (χ0v) is 11.1. The van der Waals surface area contributed by atoms with Crippen molar-refractivity contribution >= 4 is 43.5 Å². The molecule has 4 nitrogen and oxygen atoms in total. The summed E-state index contributed by atoms with van der Waals surface area (Å²) in [6, 6.07) is 1.73. The lowest BCUT2D eigenvalue weighted by Crippen LogP contribution is -2.04. The van der Waals surface area contributed by atoms with Gasteiger partial charge >= 0.3 is 5.97 Å². The summed E-state index contributed by atoms with van der Waals surface area (Å²) in [5, 5.41) is 10.0. The van der Waals surface area contributed by atoms with Gasteiger partial charge in [-0.1, -0.05) is 0 Å². The van der Waals surface area contributed by atoms with Crippen LogP contribution < -0.4 is 0 Å². The third kappa shape index (κ3) is 2.25. The first-order valence-electron chi connectivity index (χ1n) is 4.62. The number of halogens is 2. The molecule has 0 aliphatic carbocycles. The number of hydrogen-bond donors (Lipinski definition) is 1. The molecule has 0 aliphatic rings. The molecule has 0 atom stereocenters. The van der Waals surface area contributed by atoms with E-state index < -0.39 is 5.97 Å². The molecule has 2 aromatic rings. The number of aryl methyl sites for hydroxylation is 1. The van der Waals surface area contributed by atoms with Crippen LogP contribution in [0.15, 0.2) is 9.98 Å². The Morgan fingerprint density at radius 1 is 1.71 bits per heavy atom. The van der Waals surface area contributed by atoms with Crippen molar-refractivity contribution in [2.45, 2.75) is 13.3 Å². The predicted octanol–water partition coefficient (Wildman–Crippen LogP) is 3.04. The van der Waals surface area contributed by atoms with Crippen LogP contribution in [-0.4, -0.2) is 16.1 Å². The molecule has 0 bridgehead atoms. The highest BCUT2D eigenvalue weighted by atomic mass is 79.9. The highest BCUT2D eigenvalue weighted by molar-refractivity contribution is 9.11. The average molecular weight is 320 g/mol. The van der Waals surface area contributed by atoms with Gasteiger partial charge in [-0.05, 0) is 34.5 Å². The van der Waals surface area contributed by atoms with Gasteiger partial charge in [0.1, 0.15) is 5.75 Å². The lowest BCUT2D eigenvalue weighted by atomic mass is 10.0. The molecular formula is C10H7BrFNO3S. The number of rotatable bonds is 2. The van der Waals surface area contributed by atoms with Crippen molar-refractivity contribution in [3.05, 3.63) is 21.1 Å². The summed E-state index contributed by atoms with van der Waals surface area (Å²) in [6.45, 7) is 1.72. The Hall–Kier alpha value is -1.21. The largest absolute Gasteiger partial charge is 0.506 e. The second kappa shape index (κ2) is 4.58. The van der Waals surface area contributed by atoms with Gasteiger partial charge in [0, 0.05) is 10.1 Å². The van der Waals surface area contributed by atoms with Crippen molar-refractivity contribution in [2.75, 3.05) is 0 Å². The molecule has 1 aromatic carbocycles. The van der Waals surface area contributed by atoms with Crippen LogP contribution in [-0.2, 0) is 16.2 Å². The number of thiazole rings is 1. The Labute approximate surface area is 108 Å². The zero-order valence-electron chi connectivity index (χ0n) is 8.66. The van der Waals surface area contributed by atoms with E-state index in [-0.39, 0.29) is 12.2 Å². The molecule has 0 fully saturated rings. The van der Waals surface area contributed by atoms with E-state index in [1.54, 1.807) is 13.0 Å². The number of aromatic hydroxyl groups is 1.